The molecule has 2 aromatic carbocycles. The van der Waals surface area contributed by atoms with Crippen molar-refractivity contribution in [3.05, 3.63) is 62.7 Å². The number of amides is 1. The van der Waals surface area contributed by atoms with Gasteiger partial charge in [-0.05, 0) is 57.2 Å². The Balaban J connectivity index is 2.13. The van der Waals surface area contributed by atoms with E-state index < -0.39 is 22.9 Å². The summed E-state index contributed by atoms with van der Waals surface area (Å²) in [5.41, 5.74) is 3.43. The molecule has 0 unspecified atom stereocenters. The number of nitrogens with one attached hydrogen (secondary N) is 1. The molecule has 8 heteroatoms. The fourth-order valence-electron chi connectivity index (χ4n) is 2.84. The van der Waals surface area contributed by atoms with Crippen molar-refractivity contribution in [2.75, 3.05) is 11.6 Å². The third-order valence-electron chi connectivity index (χ3n) is 4.19. The number of aryl methyl sites for hydroxylation is 3. The van der Waals surface area contributed by atoms with Crippen molar-refractivity contribution in [3.8, 4) is 0 Å². The molecule has 0 aromatic heterocycles. The summed E-state index contributed by atoms with van der Waals surface area (Å²) in [6, 6.07) is 7.99. The van der Waals surface area contributed by atoms with Crippen molar-refractivity contribution in [2.24, 2.45) is 0 Å². The molecule has 0 saturated carbocycles. The van der Waals surface area contributed by atoms with Gasteiger partial charge in [-0.2, -0.15) is 0 Å². The normalized spacial score (nSPS) is 11.6. The SMILES string of the molecule is CSc1ccc(C(=O)O[C@@H](C)C(=O)Nc2c(C)cc(C)cc2C)cc1[N+](=O)[O-]. The van der Waals surface area contributed by atoms with Gasteiger partial charge in [0.2, 0.25) is 0 Å². The highest BCUT2D eigenvalue weighted by Crippen LogP contribution is 2.28. The van der Waals surface area contributed by atoms with Gasteiger partial charge >= 0.3 is 5.97 Å². The molecule has 0 spiro atoms. The van der Waals surface area contributed by atoms with Crippen LogP contribution in [0.1, 0.15) is 34.0 Å². The van der Waals surface area contributed by atoms with Gasteiger partial charge in [0.1, 0.15) is 0 Å². The van der Waals surface area contributed by atoms with Gasteiger partial charge in [0.15, 0.2) is 6.10 Å². The van der Waals surface area contributed by atoms with Gasteiger partial charge in [-0.25, -0.2) is 4.79 Å². The van der Waals surface area contributed by atoms with Crippen LogP contribution in [0.4, 0.5) is 11.4 Å². The summed E-state index contributed by atoms with van der Waals surface area (Å²) in [5.74, 6) is -1.27. The first-order chi connectivity index (χ1) is 13.1. The summed E-state index contributed by atoms with van der Waals surface area (Å²) in [4.78, 5) is 35.8. The van der Waals surface area contributed by atoms with Gasteiger partial charge < -0.3 is 10.1 Å². The zero-order chi connectivity index (χ0) is 21.0. The maximum Gasteiger partial charge on any atom is 0.339 e. The number of nitrogens with zero attached hydrogens (tertiary/aromatic N) is 1. The van der Waals surface area contributed by atoms with E-state index in [0.717, 1.165) is 22.8 Å². The lowest BCUT2D eigenvalue weighted by atomic mass is 10.0. The Hall–Kier alpha value is -2.87. The average molecular weight is 402 g/mol. The van der Waals surface area contributed by atoms with E-state index in [-0.39, 0.29) is 11.3 Å². The lowest BCUT2D eigenvalue weighted by Crippen LogP contribution is -2.30. The molecule has 0 heterocycles. The molecule has 2 aromatic rings. The summed E-state index contributed by atoms with van der Waals surface area (Å²) < 4.78 is 5.20. The molecule has 0 radical (unpaired) electrons. The summed E-state index contributed by atoms with van der Waals surface area (Å²) in [6.07, 6.45) is 0.647. The zero-order valence-corrected chi connectivity index (χ0v) is 17.2. The monoisotopic (exact) mass is 402 g/mol. The Kier molecular flexibility index (Phi) is 6.80. The van der Waals surface area contributed by atoms with E-state index >= 15 is 0 Å². The minimum absolute atomic E-state index is 0.0202. The third-order valence-corrected chi connectivity index (χ3v) is 4.97. The van der Waals surface area contributed by atoms with Gasteiger partial charge in [0.25, 0.3) is 11.6 Å². The van der Waals surface area contributed by atoms with E-state index in [4.69, 9.17) is 4.74 Å². The highest BCUT2D eigenvalue weighted by molar-refractivity contribution is 7.98. The molecule has 2 rings (SSSR count). The number of anilines is 1. The summed E-state index contributed by atoms with van der Waals surface area (Å²) in [7, 11) is 0. The molecular formula is C20H22N2O5S. The van der Waals surface area contributed by atoms with Gasteiger partial charge in [-0.15, -0.1) is 11.8 Å². The smallest absolute Gasteiger partial charge is 0.339 e. The zero-order valence-electron chi connectivity index (χ0n) is 16.4. The van der Waals surface area contributed by atoms with Crippen LogP contribution < -0.4 is 5.32 Å². The predicted molar refractivity (Wildman–Crippen MR) is 109 cm³/mol. The first-order valence-corrected chi connectivity index (χ1v) is 9.78. The molecule has 148 valence electrons. The molecule has 1 atom stereocenters. The second-order valence-electron chi connectivity index (χ2n) is 6.45. The van der Waals surface area contributed by atoms with E-state index in [1.165, 1.54) is 30.8 Å². The van der Waals surface area contributed by atoms with Crippen LogP contribution in [0.3, 0.4) is 0 Å². The Morgan fingerprint density at radius 2 is 1.75 bits per heavy atom. The quantitative estimate of drug-likeness (QED) is 0.332. The molecule has 0 aliphatic carbocycles. The van der Waals surface area contributed by atoms with E-state index in [1.807, 2.05) is 32.9 Å². The van der Waals surface area contributed by atoms with Crippen LogP contribution in [0.15, 0.2) is 35.2 Å². The number of carbonyl (C=O) groups excluding carboxylic acids is 2. The second kappa shape index (κ2) is 8.88. The number of carbonyl (C=O) groups is 2. The van der Waals surface area contributed by atoms with E-state index in [1.54, 1.807) is 6.26 Å². The molecule has 0 saturated heterocycles. The highest BCUT2D eigenvalue weighted by Gasteiger charge is 2.23. The molecule has 0 fully saturated rings. The van der Waals surface area contributed by atoms with Crippen molar-refractivity contribution in [1.29, 1.82) is 0 Å². The first-order valence-electron chi connectivity index (χ1n) is 8.56. The van der Waals surface area contributed by atoms with Crippen molar-refractivity contribution < 1.29 is 19.2 Å². The minimum atomic E-state index is -1.06. The van der Waals surface area contributed by atoms with E-state index in [0.29, 0.717) is 10.6 Å². The molecular weight excluding hydrogens is 380 g/mol. The number of ether oxygens (including phenoxy) is 1. The topological polar surface area (TPSA) is 98.5 Å². The number of thioether (sulfide) groups is 1. The van der Waals surface area contributed by atoms with E-state index in [2.05, 4.69) is 5.32 Å². The first kappa shape index (κ1) is 21.4. The molecule has 1 N–H and O–H groups in total. The van der Waals surface area contributed by atoms with Crippen LogP contribution in [0.25, 0.3) is 0 Å². The van der Waals surface area contributed by atoms with Crippen molar-refractivity contribution in [1.82, 2.24) is 0 Å². The molecule has 28 heavy (non-hydrogen) atoms. The van der Waals surface area contributed by atoms with Crippen LogP contribution >= 0.6 is 11.8 Å². The average Bonchev–Trinajstić information content (AvgIpc) is 2.63. The van der Waals surface area contributed by atoms with E-state index in [9.17, 15) is 19.7 Å². The number of rotatable bonds is 6. The van der Waals surface area contributed by atoms with Gasteiger partial charge in [-0.3, -0.25) is 14.9 Å². The Morgan fingerprint density at radius 3 is 2.29 bits per heavy atom. The lowest BCUT2D eigenvalue weighted by Gasteiger charge is -2.17. The summed E-state index contributed by atoms with van der Waals surface area (Å²) in [5, 5.41) is 13.9. The standard InChI is InChI=1S/C20H22N2O5S/c1-11-8-12(2)18(13(3)9-11)21-19(23)14(4)27-20(24)15-6-7-17(28-5)16(10-15)22(25)26/h6-10,14H,1-5H3,(H,21,23)/t14-/m0/s1. The number of hydrogen-bond acceptors (Lipinski definition) is 6. The number of hydrogen-bond donors (Lipinski definition) is 1. The maximum absolute atomic E-state index is 12.4. The fraction of sp³-hybridized carbons (Fsp3) is 0.300. The van der Waals surface area contributed by atoms with Crippen molar-refractivity contribution in [3.63, 3.8) is 0 Å². The van der Waals surface area contributed by atoms with Crippen LogP contribution in [-0.4, -0.2) is 29.2 Å². The molecule has 0 bridgehead atoms. The number of benzene rings is 2. The lowest BCUT2D eigenvalue weighted by molar-refractivity contribution is -0.387. The molecule has 7 nitrogen and oxygen atoms in total. The van der Waals surface area contributed by atoms with Crippen LogP contribution in [-0.2, 0) is 9.53 Å². The molecule has 1 amide bonds. The maximum atomic E-state index is 12.4. The predicted octanol–water partition coefficient (Wildman–Crippen LogP) is 4.43. The highest BCUT2D eigenvalue weighted by atomic mass is 32.2. The summed E-state index contributed by atoms with van der Waals surface area (Å²) in [6.45, 7) is 7.20. The van der Waals surface area contributed by atoms with Crippen molar-refractivity contribution >= 4 is 35.0 Å². The third kappa shape index (κ3) is 4.89. The fourth-order valence-corrected chi connectivity index (χ4v) is 3.39. The number of nitro groups is 1. The van der Waals surface area contributed by atoms with Gasteiger partial charge in [-0.1, -0.05) is 17.7 Å². The number of esters is 1. The largest absolute Gasteiger partial charge is 0.449 e. The number of nitro benzene ring substituents is 1. The minimum Gasteiger partial charge on any atom is -0.449 e. The van der Waals surface area contributed by atoms with Gasteiger partial charge in [0.05, 0.1) is 15.4 Å². The molecule has 0 aliphatic heterocycles. The van der Waals surface area contributed by atoms with Crippen LogP contribution in [0.2, 0.25) is 0 Å². The van der Waals surface area contributed by atoms with Gasteiger partial charge in [0, 0.05) is 11.8 Å². The Bertz CT molecular complexity index is 919. The Labute approximate surface area is 167 Å². The van der Waals surface area contributed by atoms with Crippen LogP contribution in [0, 0.1) is 30.9 Å². The van der Waals surface area contributed by atoms with Crippen LogP contribution in [0.5, 0.6) is 0 Å². The summed E-state index contributed by atoms with van der Waals surface area (Å²) >= 11 is 1.21. The Morgan fingerprint density at radius 1 is 1.14 bits per heavy atom. The van der Waals surface area contributed by atoms with Crippen molar-refractivity contribution in [2.45, 2.75) is 38.7 Å². The second-order valence-corrected chi connectivity index (χ2v) is 7.30. The molecule has 0 aliphatic rings.